The molecule has 0 amide bonds. The fourth-order valence-electron chi connectivity index (χ4n) is 8.03. The summed E-state index contributed by atoms with van der Waals surface area (Å²) in [5.74, 6) is 0.436. The van der Waals surface area contributed by atoms with Gasteiger partial charge in [0.25, 0.3) is 40.5 Å². The maximum absolute atomic E-state index is 12.3. The van der Waals surface area contributed by atoms with E-state index in [0.29, 0.717) is 36.2 Å². The molecule has 66 heavy (non-hydrogen) atoms. The number of nitrogens with one attached hydrogen (secondary N) is 3. The number of rotatable bonds is 15. The summed E-state index contributed by atoms with van der Waals surface area (Å²) in [6.07, 6.45) is 5.28. The summed E-state index contributed by atoms with van der Waals surface area (Å²) in [5, 5.41) is 32.7. The highest BCUT2D eigenvalue weighted by Gasteiger charge is 2.35. The number of anilines is 4. The van der Waals surface area contributed by atoms with Gasteiger partial charge in [-0.1, -0.05) is 31.2 Å². The van der Waals surface area contributed by atoms with Gasteiger partial charge in [-0.25, -0.2) is 0 Å². The fraction of sp³-hybridized carbons (Fsp3) is 0.359. The van der Waals surface area contributed by atoms with Crippen LogP contribution >= 0.6 is 0 Å². The van der Waals surface area contributed by atoms with E-state index in [-0.39, 0.29) is 95.5 Å². The lowest BCUT2D eigenvalue weighted by atomic mass is 9.83. The molecule has 0 aliphatic heterocycles. The van der Waals surface area contributed by atoms with Crippen molar-refractivity contribution < 1.29 is 57.0 Å². The van der Waals surface area contributed by atoms with E-state index in [4.69, 9.17) is 0 Å². The van der Waals surface area contributed by atoms with Crippen molar-refractivity contribution in [2.75, 3.05) is 29.1 Å². The van der Waals surface area contributed by atoms with Crippen molar-refractivity contribution in [3.05, 3.63) is 100 Å². The van der Waals surface area contributed by atoms with E-state index in [2.05, 4.69) is 51.4 Å². The summed E-state index contributed by atoms with van der Waals surface area (Å²) >= 11 is 0. The van der Waals surface area contributed by atoms with Gasteiger partial charge in [0, 0.05) is 24.7 Å². The summed E-state index contributed by atoms with van der Waals surface area (Å²) < 4.78 is 137. The molecule has 4 aromatic rings. The predicted molar refractivity (Wildman–Crippen MR) is 239 cm³/mol. The van der Waals surface area contributed by atoms with E-state index < -0.39 is 60.8 Å². The first-order chi connectivity index (χ1) is 31.0. The van der Waals surface area contributed by atoms with E-state index in [1.54, 1.807) is 25.1 Å². The Balaban J connectivity index is 1.04. The minimum Gasteiger partial charge on any atom is -0.395 e. The van der Waals surface area contributed by atoms with Crippen LogP contribution in [0, 0.1) is 12.8 Å². The maximum Gasteiger partial charge on any atom is 0.294 e. The number of nitrogens with zero attached hydrogens (tertiary/aromatic N) is 7. The Kier molecular flexibility index (Phi) is 13.8. The molecule has 352 valence electrons. The topological polar surface area (TPSA) is 362 Å². The normalized spacial score (nSPS) is 21.3. The highest BCUT2D eigenvalue weighted by Crippen LogP contribution is 2.40. The van der Waals surface area contributed by atoms with Crippen LogP contribution in [0.2, 0.25) is 0 Å². The van der Waals surface area contributed by atoms with E-state index in [9.17, 15) is 57.0 Å². The number of aryl methyl sites for hydroxylation is 1. The van der Waals surface area contributed by atoms with E-state index in [1.807, 2.05) is 6.92 Å². The van der Waals surface area contributed by atoms with Crippen molar-refractivity contribution in [2.45, 2.75) is 78.3 Å². The van der Waals surface area contributed by atoms with Crippen molar-refractivity contribution in [1.82, 2.24) is 15.0 Å². The van der Waals surface area contributed by atoms with Crippen molar-refractivity contribution in [2.24, 2.45) is 26.4 Å². The van der Waals surface area contributed by atoms with Crippen LogP contribution in [-0.4, -0.2) is 97.2 Å². The fourth-order valence-corrected chi connectivity index (χ4v) is 11.3. The van der Waals surface area contributed by atoms with E-state index in [1.165, 1.54) is 30.4 Å². The van der Waals surface area contributed by atoms with Crippen LogP contribution in [0.25, 0.3) is 0 Å². The molecule has 3 aromatic carbocycles. The number of hydrogen-bond donors (Lipinski definition) is 8. The molecule has 7 rings (SSSR count). The van der Waals surface area contributed by atoms with Crippen LogP contribution in [-0.2, 0) is 53.3 Å². The van der Waals surface area contributed by atoms with Crippen LogP contribution in [0.3, 0.4) is 0 Å². The first-order valence-corrected chi connectivity index (χ1v) is 26.0. The highest BCUT2D eigenvalue weighted by molar-refractivity contribution is 7.87. The first-order valence-electron chi connectivity index (χ1n) is 20.1. The van der Waals surface area contributed by atoms with Crippen molar-refractivity contribution >= 4 is 75.4 Å². The van der Waals surface area contributed by atoms with Gasteiger partial charge in [-0.3, -0.25) is 18.2 Å². The SMILES string of the molecule is Cc1cc(Nc2nc(NCCO)nc(NC3CCC(N=Nc4cc5c(c(S(=O)(=O)O)c4)CC=CC5S(=O)(=O)O)C(C)C3)n2)ccc1N=NC1=CC(S(=O)(=O)O)c2cccc(S(=O)(=O)O)c2C1. The number of benzene rings is 3. The third kappa shape index (κ3) is 11.3. The van der Waals surface area contributed by atoms with Gasteiger partial charge < -0.3 is 21.1 Å². The summed E-state index contributed by atoms with van der Waals surface area (Å²) in [7, 11) is -19.0. The molecular weight excluding hydrogens is 945 g/mol. The summed E-state index contributed by atoms with van der Waals surface area (Å²) in [4.78, 5) is 12.4. The van der Waals surface area contributed by atoms with Crippen LogP contribution < -0.4 is 16.0 Å². The molecule has 5 atom stereocenters. The number of hydrogen-bond acceptors (Lipinski definition) is 19. The number of aromatic nitrogens is 3. The zero-order valence-corrected chi connectivity index (χ0v) is 38.2. The van der Waals surface area contributed by atoms with Gasteiger partial charge >= 0.3 is 0 Å². The Morgan fingerprint density at radius 2 is 1.47 bits per heavy atom. The summed E-state index contributed by atoms with van der Waals surface area (Å²) in [5.41, 5.74) is 1.45. The Morgan fingerprint density at radius 1 is 0.758 bits per heavy atom. The molecule has 0 spiro atoms. The lowest BCUT2D eigenvalue weighted by molar-refractivity contribution is 0.304. The molecular formula is C39H44N10O13S4. The smallest absolute Gasteiger partial charge is 0.294 e. The predicted octanol–water partition coefficient (Wildman–Crippen LogP) is 5.77. The van der Waals surface area contributed by atoms with Gasteiger partial charge in [0.2, 0.25) is 17.8 Å². The van der Waals surface area contributed by atoms with E-state index >= 15 is 0 Å². The molecule has 3 aliphatic rings. The molecule has 3 aliphatic carbocycles. The highest BCUT2D eigenvalue weighted by atomic mass is 32.2. The van der Waals surface area contributed by atoms with Crippen LogP contribution in [0.15, 0.2) is 103 Å². The van der Waals surface area contributed by atoms with Crippen LogP contribution in [0.4, 0.5) is 34.9 Å². The molecule has 23 nitrogen and oxygen atoms in total. The van der Waals surface area contributed by atoms with Crippen molar-refractivity contribution in [3.8, 4) is 0 Å². The van der Waals surface area contributed by atoms with Gasteiger partial charge in [-0.2, -0.15) is 69.1 Å². The Labute approximate surface area is 379 Å². The Hall–Kier alpha value is -5.65. The number of azo groups is 2. The molecule has 1 saturated carbocycles. The lowest BCUT2D eigenvalue weighted by Gasteiger charge is -2.31. The second-order valence-corrected chi connectivity index (χ2v) is 21.7. The average molecular weight is 989 g/mol. The molecule has 27 heteroatoms. The van der Waals surface area contributed by atoms with Gasteiger partial charge in [-0.15, -0.1) is 0 Å². The zero-order chi connectivity index (χ0) is 47.8. The maximum atomic E-state index is 12.3. The first kappa shape index (κ1) is 48.3. The monoisotopic (exact) mass is 988 g/mol. The molecule has 1 aromatic heterocycles. The molecule has 1 fully saturated rings. The molecule has 8 N–H and O–H groups in total. The Bertz CT molecular complexity index is 3150. The van der Waals surface area contributed by atoms with Gasteiger partial charge in [0.05, 0.1) is 39.5 Å². The standard InChI is InChI=1S/C39H44N10O13S4/c1-21-15-23(9-11-31(21)48-46-25-17-29-27(35(19-25)65(57,58)59)5-3-7-33(29)63(51,52)53)41-38-43-37(40-13-14-50)44-39(45-38)42-24-10-12-32(22(2)16-24)49-47-26-18-30-28(36(20-26)66(60,61)62)6-4-8-34(30)64(54,55)56/h3-5,7-9,11,15,18-20,22,24,32,34-35,50H,6,10,12-14,16-17H2,1-2H3,(H,51,52,53)(H,54,55,56)(H,57,58,59)(H,60,61,62)(H3,40,41,42,43,44,45). The number of aliphatic hydroxyl groups is 1. The second-order valence-electron chi connectivity index (χ2n) is 15.8. The minimum atomic E-state index is -4.79. The third-order valence-electron chi connectivity index (χ3n) is 11.1. The third-order valence-corrected chi connectivity index (χ3v) is 15.0. The molecule has 1 heterocycles. The zero-order valence-electron chi connectivity index (χ0n) is 35.0. The van der Waals surface area contributed by atoms with Gasteiger partial charge in [0.15, 0.2) is 0 Å². The van der Waals surface area contributed by atoms with Crippen molar-refractivity contribution in [3.63, 3.8) is 0 Å². The number of aliphatic hydroxyl groups excluding tert-OH is 1. The minimum absolute atomic E-state index is 0.0124. The number of allylic oxidation sites excluding steroid dienone is 2. The summed E-state index contributed by atoms with van der Waals surface area (Å²) in [6, 6.07) is 10.7. The average Bonchev–Trinajstić information content (AvgIpc) is 3.22. The van der Waals surface area contributed by atoms with Crippen molar-refractivity contribution in [1.29, 1.82) is 0 Å². The molecule has 5 unspecified atom stereocenters. The second kappa shape index (κ2) is 18.9. The largest absolute Gasteiger partial charge is 0.395 e. The lowest BCUT2D eigenvalue weighted by Crippen LogP contribution is -2.34. The Morgan fingerprint density at radius 3 is 2.14 bits per heavy atom. The van der Waals surface area contributed by atoms with E-state index in [0.717, 1.165) is 18.2 Å². The molecule has 0 saturated heterocycles. The molecule has 0 radical (unpaired) electrons. The molecule has 0 bridgehead atoms. The van der Waals surface area contributed by atoms with Gasteiger partial charge in [-0.05, 0) is 109 Å². The van der Waals surface area contributed by atoms with Crippen LogP contribution in [0.5, 0.6) is 0 Å². The van der Waals surface area contributed by atoms with Gasteiger partial charge in [0.1, 0.15) is 10.5 Å². The van der Waals surface area contributed by atoms with Crippen LogP contribution in [0.1, 0.15) is 64.5 Å². The summed E-state index contributed by atoms with van der Waals surface area (Å²) in [6.45, 7) is 3.62. The number of fused-ring (bicyclic) bond motifs is 2. The quantitative estimate of drug-likeness (QED) is 0.0398.